The van der Waals surface area contributed by atoms with Gasteiger partial charge in [0.25, 0.3) is 0 Å². The van der Waals surface area contributed by atoms with E-state index in [-0.39, 0.29) is 0 Å². The second-order valence-corrected chi connectivity index (χ2v) is 6.22. The fourth-order valence-corrected chi connectivity index (χ4v) is 3.96. The van der Waals surface area contributed by atoms with Gasteiger partial charge in [-0.05, 0) is 31.6 Å². The van der Waals surface area contributed by atoms with Crippen molar-refractivity contribution in [2.75, 3.05) is 19.0 Å². The van der Waals surface area contributed by atoms with Gasteiger partial charge < -0.3 is 10.5 Å². The van der Waals surface area contributed by atoms with Gasteiger partial charge in [-0.15, -0.1) is 0 Å². The van der Waals surface area contributed by atoms with Gasteiger partial charge in [0.05, 0.1) is 0 Å². The SMILES string of the molecule is NC1CC(CS(=O)C2CCOCC2)C1. The van der Waals surface area contributed by atoms with Crippen LogP contribution in [0.3, 0.4) is 0 Å². The lowest BCUT2D eigenvalue weighted by Gasteiger charge is -2.33. The van der Waals surface area contributed by atoms with E-state index in [2.05, 4.69) is 0 Å². The van der Waals surface area contributed by atoms with Crippen LogP contribution in [0.2, 0.25) is 0 Å². The van der Waals surface area contributed by atoms with Crippen molar-refractivity contribution in [3.63, 3.8) is 0 Å². The molecular weight excluding hydrogens is 198 g/mol. The van der Waals surface area contributed by atoms with E-state index >= 15 is 0 Å². The van der Waals surface area contributed by atoms with Crippen LogP contribution in [0, 0.1) is 5.92 Å². The van der Waals surface area contributed by atoms with Crippen molar-refractivity contribution in [2.45, 2.75) is 37.0 Å². The molecule has 2 aliphatic rings. The van der Waals surface area contributed by atoms with Crippen LogP contribution in [0.4, 0.5) is 0 Å². The molecule has 0 aromatic heterocycles. The Kier molecular flexibility index (Phi) is 3.57. The van der Waals surface area contributed by atoms with Gasteiger partial charge in [-0.25, -0.2) is 0 Å². The molecule has 1 saturated carbocycles. The molecule has 1 aliphatic carbocycles. The molecule has 2 rings (SSSR count). The van der Waals surface area contributed by atoms with Crippen molar-refractivity contribution in [1.82, 2.24) is 0 Å². The van der Waals surface area contributed by atoms with Crippen LogP contribution in [0.1, 0.15) is 25.7 Å². The minimum absolute atomic E-state index is 0.381. The zero-order valence-electron chi connectivity index (χ0n) is 8.48. The third-order valence-electron chi connectivity index (χ3n) is 3.21. The second kappa shape index (κ2) is 4.73. The molecule has 0 amide bonds. The monoisotopic (exact) mass is 217 g/mol. The first kappa shape index (κ1) is 10.6. The first-order valence-corrected chi connectivity index (χ1v) is 6.84. The maximum atomic E-state index is 11.9. The van der Waals surface area contributed by atoms with Crippen molar-refractivity contribution < 1.29 is 8.95 Å². The highest BCUT2D eigenvalue weighted by atomic mass is 32.2. The van der Waals surface area contributed by atoms with Crippen molar-refractivity contribution in [3.05, 3.63) is 0 Å². The third kappa shape index (κ3) is 2.55. The average molecular weight is 217 g/mol. The van der Waals surface area contributed by atoms with E-state index in [4.69, 9.17) is 10.5 Å². The molecule has 0 aromatic rings. The Morgan fingerprint density at radius 3 is 2.50 bits per heavy atom. The van der Waals surface area contributed by atoms with E-state index in [1.165, 1.54) is 0 Å². The Balaban J connectivity index is 1.71. The normalized spacial score (nSPS) is 36.4. The molecular formula is C10H19NO2S. The lowest BCUT2D eigenvalue weighted by Crippen LogP contribution is -2.40. The summed E-state index contributed by atoms with van der Waals surface area (Å²) in [6.07, 6.45) is 4.11. The van der Waals surface area contributed by atoms with E-state index < -0.39 is 10.8 Å². The predicted molar refractivity (Wildman–Crippen MR) is 57.5 cm³/mol. The lowest BCUT2D eigenvalue weighted by atomic mass is 9.82. The molecule has 3 nitrogen and oxygen atoms in total. The van der Waals surface area contributed by atoms with Gasteiger partial charge in [-0.2, -0.15) is 0 Å². The fraction of sp³-hybridized carbons (Fsp3) is 1.00. The van der Waals surface area contributed by atoms with Crippen LogP contribution in [0.25, 0.3) is 0 Å². The lowest BCUT2D eigenvalue weighted by molar-refractivity contribution is 0.0990. The highest BCUT2D eigenvalue weighted by Crippen LogP contribution is 2.28. The molecule has 0 bridgehead atoms. The van der Waals surface area contributed by atoms with Crippen LogP contribution in [0.15, 0.2) is 0 Å². The number of hydrogen-bond acceptors (Lipinski definition) is 3. The standard InChI is InChI=1S/C10H19NO2S/c11-9-5-8(6-9)7-14(12)10-1-3-13-4-2-10/h8-10H,1-7,11H2. The molecule has 4 heteroatoms. The number of hydrogen-bond donors (Lipinski definition) is 1. The van der Waals surface area contributed by atoms with Gasteiger partial charge in [0.1, 0.15) is 0 Å². The Hall–Kier alpha value is 0.0700. The molecule has 0 aromatic carbocycles. The molecule has 82 valence electrons. The average Bonchev–Trinajstić information content (AvgIpc) is 2.17. The van der Waals surface area contributed by atoms with Crippen LogP contribution in [0.5, 0.6) is 0 Å². The van der Waals surface area contributed by atoms with Gasteiger partial charge in [-0.3, -0.25) is 4.21 Å². The topological polar surface area (TPSA) is 52.3 Å². The summed E-state index contributed by atoms with van der Waals surface area (Å²) in [6, 6.07) is 0.381. The largest absolute Gasteiger partial charge is 0.381 e. The van der Waals surface area contributed by atoms with Crippen LogP contribution < -0.4 is 5.73 Å². The predicted octanol–water partition coefficient (Wildman–Crippen LogP) is 0.651. The Bertz CT molecular complexity index is 210. The van der Waals surface area contributed by atoms with E-state index in [1.54, 1.807) is 0 Å². The molecule has 1 unspecified atom stereocenters. The summed E-state index contributed by atoms with van der Waals surface area (Å²) in [5, 5.41) is 0.389. The fourth-order valence-electron chi connectivity index (χ4n) is 2.23. The highest BCUT2D eigenvalue weighted by Gasteiger charge is 2.30. The summed E-state index contributed by atoms with van der Waals surface area (Å²) in [4.78, 5) is 0. The highest BCUT2D eigenvalue weighted by molar-refractivity contribution is 7.85. The van der Waals surface area contributed by atoms with Gasteiger partial charge >= 0.3 is 0 Å². The quantitative estimate of drug-likeness (QED) is 0.755. The summed E-state index contributed by atoms with van der Waals surface area (Å²) >= 11 is 0. The van der Waals surface area contributed by atoms with Crippen LogP contribution in [-0.2, 0) is 15.5 Å². The van der Waals surface area contributed by atoms with Crippen molar-refractivity contribution in [2.24, 2.45) is 11.7 Å². The molecule has 2 fully saturated rings. The summed E-state index contributed by atoms with van der Waals surface area (Å²) in [7, 11) is -0.636. The van der Waals surface area contributed by atoms with Gasteiger partial charge in [-0.1, -0.05) is 0 Å². The summed E-state index contributed by atoms with van der Waals surface area (Å²) in [5.41, 5.74) is 5.70. The molecule has 0 radical (unpaired) electrons. The maximum absolute atomic E-state index is 11.9. The zero-order valence-corrected chi connectivity index (χ0v) is 9.30. The zero-order chi connectivity index (χ0) is 9.97. The minimum atomic E-state index is -0.636. The molecule has 1 aliphatic heterocycles. The van der Waals surface area contributed by atoms with E-state index in [9.17, 15) is 4.21 Å². The molecule has 1 saturated heterocycles. The molecule has 1 heterocycles. The number of rotatable bonds is 3. The van der Waals surface area contributed by atoms with Crippen molar-refractivity contribution in [3.8, 4) is 0 Å². The molecule has 2 N–H and O–H groups in total. The van der Waals surface area contributed by atoms with E-state index in [0.29, 0.717) is 17.2 Å². The number of nitrogens with two attached hydrogens (primary N) is 1. The number of ether oxygens (including phenoxy) is 1. The van der Waals surface area contributed by atoms with Crippen LogP contribution in [-0.4, -0.2) is 34.5 Å². The summed E-state index contributed by atoms with van der Waals surface area (Å²) < 4.78 is 17.2. The van der Waals surface area contributed by atoms with Crippen molar-refractivity contribution >= 4 is 10.8 Å². The minimum Gasteiger partial charge on any atom is -0.381 e. The van der Waals surface area contributed by atoms with Crippen molar-refractivity contribution in [1.29, 1.82) is 0 Å². The van der Waals surface area contributed by atoms with E-state index in [1.807, 2.05) is 0 Å². The van der Waals surface area contributed by atoms with Crippen LogP contribution >= 0.6 is 0 Å². The van der Waals surface area contributed by atoms with Gasteiger partial charge in [0.15, 0.2) is 0 Å². The first-order chi connectivity index (χ1) is 6.75. The second-order valence-electron chi connectivity index (χ2n) is 4.46. The first-order valence-electron chi connectivity index (χ1n) is 5.46. The smallest absolute Gasteiger partial charge is 0.0477 e. The Morgan fingerprint density at radius 1 is 1.29 bits per heavy atom. The summed E-state index contributed by atoms with van der Waals surface area (Å²) in [6.45, 7) is 1.58. The van der Waals surface area contributed by atoms with Gasteiger partial charge in [0, 0.05) is 41.1 Å². The molecule has 14 heavy (non-hydrogen) atoms. The third-order valence-corrected chi connectivity index (χ3v) is 5.23. The Morgan fingerprint density at radius 2 is 1.93 bits per heavy atom. The Labute approximate surface area is 87.8 Å². The van der Waals surface area contributed by atoms with Gasteiger partial charge in [0.2, 0.25) is 0 Å². The summed E-state index contributed by atoms with van der Waals surface area (Å²) in [5.74, 6) is 1.51. The van der Waals surface area contributed by atoms with E-state index in [0.717, 1.165) is 44.6 Å². The molecule has 1 atom stereocenters. The molecule has 0 spiro atoms. The maximum Gasteiger partial charge on any atom is 0.0477 e.